The van der Waals surface area contributed by atoms with Crippen LogP contribution in [-0.4, -0.2) is 30.0 Å². The Hall–Kier alpha value is -1.65. The highest BCUT2D eigenvalue weighted by Gasteiger charge is 2.15. The summed E-state index contributed by atoms with van der Waals surface area (Å²) in [6, 6.07) is 1.94. The van der Waals surface area contributed by atoms with E-state index in [9.17, 15) is 4.79 Å². The van der Waals surface area contributed by atoms with Crippen molar-refractivity contribution in [1.29, 1.82) is 0 Å². The second-order valence-corrected chi connectivity index (χ2v) is 6.50. The maximum Gasteiger partial charge on any atom is 0.220 e. The molecule has 1 aromatic rings. The van der Waals surface area contributed by atoms with Gasteiger partial charge in [-0.05, 0) is 19.3 Å². The van der Waals surface area contributed by atoms with E-state index in [0.717, 1.165) is 23.9 Å². The molecule has 1 saturated carbocycles. The Morgan fingerprint density at radius 2 is 2.00 bits per heavy atom. The molecular weight excluding hydrogens is 276 g/mol. The van der Waals surface area contributed by atoms with E-state index in [2.05, 4.69) is 15.3 Å². The van der Waals surface area contributed by atoms with Crippen molar-refractivity contribution in [2.75, 3.05) is 19.0 Å². The lowest BCUT2D eigenvalue weighted by Crippen LogP contribution is -2.25. The van der Waals surface area contributed by atoms with Gasteiger partial charge in [-0.3, -0.25) is 4.79 Å². The minimum absolute atomic E-state index is 0.113. The van der Waals surface area contributed by atoms with E-state index in [-0.39, 0.29) is 5.91 Å². The zero-order valence-corrected chi connectivity index (χ0v) is 14.1. The van der Waals surface area contributed by atoms with E-state index in [0.29, 0.717) is 18.8 Å². The van der Waals surface area contributed by atoms with Crippen LogP contribution in [0.5, 0.6) is 0 Å². The number of hydrogen-bond donors (Lipinski definition) is 1. The number of aromatic nitrogens is 2. The summed E-state index contributed by atoms with van der Waals surface area (Å²) in [6.45, 7) is 2.36. The topological polar surface area (TPSA) is 58.1 Å². The van der Waals surface area contributed by atoms with Crippen LogP contribution >= 0.6 is 0 Å². The molecule has 0 saturated heterocycles. The van der Waals surface area contributed by atoms with Gasteiger partial charge in [0, 0.05) is 32.3 Å². The first-order valence-corrected chi connectivity index (χ1v) is 8.33. The van der Waals surface area contributed by atoms with Crippen LogP contribution in [0.25, 0.3) is 0 Å². The lowest BCUT2D eigenvalue weighted by atomic mass is 9.86. The van der Waals surface area contributed by atoms with Gasteiger partial charge in [0.05, 0.1) is 6.54 Å². The highest BCUT2D eigenvalue weighted by Crippen LogP contribution is 2.27. The van der Waals surface area contributed by atoms with Gasteiger partial charge in [0.15, 0.2) is 0 Å². The molecule has 0 unspecified atom stereocenters. The van der Waals surface area contributed by atoms with Gasteiger partial charge in [-0.25, -0.2) is 9.97 Å². The molecule has 2 rings (SSSR count). The number of nitrogens with zero attached hydrogens (tertiary/aromatic N) is 3. The van der Waals surface area contributed by atoms with Gasteiger partial charge in [-0.1, -0.05) is 32.1 Å². The van der Waals surface area contributed by atoms with Crippen LogP contribution in [-0.2, 0) is 11.3 Å². The number of aryl methyl sites for hydroxylation is 1. The van der Waals surface area contributed by atoms with Crippen LogP contribution in [0.1, 0.15) is 56.5 Å². The molecule has 22 heavy (non-hydrogen) atoms. The predicted molar refractivity (Wildman–Crippen MR) is 88.8 cm³/mol. The summed E-state index contributed by atoms with van der Waals surface area (Å²) < 4.78 is 0. The first-order valence-electron chi connectivity index (χ1n) is 8.33. The first-order chi connectivity index (χ1) is 10.5. The zero-order chi connectivity index (χ0) is 15.9. The Bertz CT molecular complexity index is 495. The standard InChI is InChI=1S/C17H28N4O/c1-13-11-16(21(2)3)20-15(19-13)12-18-17(22)10-9-14-7-5-4-6-8-14/h11,14H,4-10,12H2,1-3H3,(H,18,22). The number of carbonyl (C=O) groups excluding carboxylic acids is 1. The Labute approximate surface area is 133 Å². The fourth-order valence-corrected chi connectivity index (χ4v) is 3.00. The summed E-state index contributed by atoms with van der Waals surface area (Å²) in [5, 5.41) is 2.95. The summed E-state index contributed by atoms with van der Waals surface area (Å²) >= 11 is 0. The first kappa shape index (κ1) is 16.7. The number of amides is 1. The van der Waals surface area contributed by atoms with Crippen molar-refractivity contribution in [3.63, 3.8) is 0 Å². The summed E-state index contributed by atoms with van der Waals surface area (Å²) in [4.78, 5) is 22.8. The maximum atomic E-state index is 12.0. The predicted octanol–water partition coefficient (Wildman–Crippen LogP) is 2.83. The van der Waals surface area contributed by atoms with Crippen molar-refractivity contribution >= 4 is 11.7 Å². The third kappa shape index (κ3) is 5.28. The third-order valence-corrected chi connectivity index (χ3v) is 4.29. The molecule has 1 aliphatic carbocycles. The number of anilines is 1. The minimum atomic E-state index is 0.113. The van der Waals surface area contributed by atoms with E-state index in [1.54, 1.807) is 0 Å². The van der Waals surface area contributed by atoms with Gasteiger partial charge in [-0.15, -0.1) is 0 Å². The van der Waals surface area contributed by atoms with E-state index >= 15 is 0 Å². The van der Waals surface area contributed by atoms with Crippen molar-refractivity contribution in [2.24, 2.45) is 5.92 Å². The molecule has 1 aromatic heterocycles. The maximum absolute atomic E-state index is 12.0. The van der Waals surface area contributed by atoms with Crippen LogP contribution in [0.15, 0.2) is 6.07 Å². The summed E-state index contributed by atoms with van der Waals surface area (Å²) in [5.74, 6) is 2.41. The van der Waals surface area contributed by atoms with Gasteiger partial charge in [0.25, 0.3) is 0 Å². The highest BCUT2D eigenvalue weighted by molar-refractivity contribution is 5.75. The summed E-state index contributed by atoms with van der Waals surface area (Å²) in [6.07, 6.45) is 8.25. The van der Waals surface area contributed by atoms with Crippen LogP contribution in [0, 0.1) is 12.8 Å². The van der Waals surface area contributed by atoms with Crippen LogP contribution in [0.3, 0.4) is 0 Å². The number of rotatable bonds is 6. The smallest absolute Gasteiger partial charge is 0.220 e. The Balaban J connectivity index is 1.78. The highest BCUT2D eigenvalue weighted by atomic mass is 16.1. The van der Waals surface area contributed by atoms with E-state index < -0.39 is 0 Å². The quantitative estimate of drug-likeness (QED) is 0.878. The van der Waals surface area contributed by atoms with E-state index in [1.165, 1.54) is 32.1 Å². The molecule has 1 N–H and O–H groups in total. The van der Waals surface area contributed by atoms with Crippen molar-refractivity contribution in [3.8, 4) is 0 Å². The molecule has 0 aromatic carbocycles. The molecule has 0 aliphatic heterocycles. The Kier molecular flexibility index (Phi) is 6.16. The zero-order valence-electron chi connectivity index (χ0n) is 14.1. The number of carbonyl (C=O) groups is 1. The van der Waals surface area contributed by atoms with Crippen molar-refractivity contribution in [3.05, 3.63) is 17.6 Å². The molecule has 1 aliphatic rings. The molecule has 122 valence electrons. The van der Waals surface area contributed by atoms with Crippen LogP contribution in [0.4, 0.5) is 5.82 Å². The molecule has 0 atom stereocenters. The second kappa shape index (κ2) is 8.11. The average Bonchev–Trinajstić information content (AvgIpc) is 2.51. The van der Waals surface area contributed by atoms with Crippen molar-refractivity contribution in [2.45, 2.75) is 58.4 Å². The van der Waals surface area contributed by atoms with E-state index in [4.69, 9.17) is 0 Å². The molecular formula is C17H28N4O. The average molecular weight is 304 g/mol. The van der Waals surface area contributed by atoms with Gasteiger partial charge in [0.1, 0.15) is 11.6 Å². The minimum Gasteiger partial charge on any atom is -0.363 e. The monoisotopic (exact) mass is 304 g/mol. The summed E-state index contributed by atoms with van der Waals surface area (Å²) in [7, 11) is 3.91. The van der Waals surface area contributed by atoms with Crippen LogP contribution in [0.2, 0.25) is 0 Å². The normalized spacial score (nSPS) is 15.6. The van der Waals surface area contributed by atoms with Gasteiger partial charge in [0.2, 0.25) is 5.91 Å². The molecule has 5 nitrogen and oxygen atoms in total. The van der Waals surface area contributed by atoms with Crippen molar-refractivity contribution in [1.82, 2.24) is 15.3 Å². The summed E-state index contributed by atoms with van der Waals surface area (Å²) in [5.41, 5.74) is 0.921. The lowest BCUT2D eigenvalue weighted by molar-refractivity contribution is -0.121. The Morgan fingerprint density at radius 3 is 2.68 bits per heavy atom. The largest absolute Gasteiger partial charge is 0.363 e. The molecule has 0 bridgehead atoms. The van der Waals surface area contributed by atoms with Gasteiger partial charge >= 0.3 is 0 Å². The number of nitrogens with one attached hydrogen (secondary N) is 1. The second-order valence-electron chi connectivity index (χ2n) is 6.50. The molecule has 0 radical (unpaired) electrons. The molecule has 0 spiro atoms. The third-order valence-electron chi connectivity index (χ3n) is 4.29. The molecule has 1 amide bonds. The fourth-order valence-electron chi connectivity index (χ4n) is 3.00. The molecule has 5 heteroatoms. The van der Waals surface area contributed by atoms with E-state index in [1.807, 2.05) is 32.0 Å². The molecule has 1 heterocycles. The van der Waals surface area contributed by atoms with Gasteiger partial charge in [-0.2, -0.15) is 0 Å². The molecule has 1 fully saturated rings. The van der Waals surface area contributed by atoms with Crippen LogP contribution < -0.4 is 10.2 Å². The SMILES string of the molecule is Cc1cc(N(C)C)nc(CNC(=O)CCC2CCCCC2)n1. The van der Waals surface area contributed by atoms with Crippen molar-refractivity contribution < 1.29 is 4.79 Å². The number of hydrogen-bond acceptors (Lipinski definition) is 4. The Morgan fingerprint density at radius 1 is 1.27 bits per heavy atom. The lowest BCUT2D eigenvalue weighted by Gasteiger charge is -2.21. The fraction of sp³-hybridized carbons (Fsp3) is 0.706. The van der Waals surface area contributed by atoms with Gasteiger partial charge < -0.3 is 10.2 Å².